The summed E-state index contributed by atoms with van der Waals surface area (Å²) in [6.45, 7) is 0. The van der Waals surface area contributed by atoms with Gasteiger partial charge >= 0.3 is 0 Å². The highest BCUT2D eigenvalue weighted by Gasteiger charge is 2.79. The Bertz CT molecular complexity index is 444. The van der Waals surface area contributed by atoms with E-state index in [2.05, 4.69) is 10.2 Å². The third kappa shape index (κ3) is 0.590. The summed E-state index contributed by atoms with van der Waals surface area (Å²) in [5.74, 6) is 7.59. The van der Waals surface area contributed by atoms with Crippen LogP contribution in [0.1, 0.15) is 12.8 Å². The Labute approximate surface area is 94.2 Å². The molecular weight excluding hydrogens is 200 g/mol. The molecule has 0 heterocycles. The molecule has 0 saturated heterocycles. The van der Waals surface area contributed by atoms with Crippen molar-refractivity contribution in [2.45, 2.75) is 12.8 Å². The molecule has 0 aromatic heterocycles. The highest BCUT2D eigenvalue weighted by Crippen LogP contribution is 2.81. The summed E-state index contributed by atoms with van der Waals surface area (Å²) in [5.41, 5.74) is 12.1. The molecule has 4 N–H and O–H groups in total. The summed E-state index contributed by atoms with van der Waals surface area (Å²) < 4.78 is 0. The van der Waals surface area contributed by atoms with Gasteiger partial charge in [0, 0.05) is 17.5 Å². The number of rotatable bonds is 1. The molecule has 0 aromatic carbocycles. The molecule has 0 aliphatic heterocycles. The Morgan fingerprint density at radius 3 is 2.50 bits per heavy atom. The standard InChI is InChI=1S/C12H16N4/c13-12(14)16-15-11-8-4-2-5-7-3(4)1-6(8)9(7)10(5)11/h3-10H,1-2H2,(H4,13,14,16)/b15-11+/t3-,4-,5-,6+,7-,8+,9-,10+/m1/s1. The molecule has 0 aromatic rings. The van der Waals surface area contributed by atoms with Crippen LogP contribution in [0.25, 0.3) is 0 Å². The highest BCUT2D eigenvalue weighted by atomic mass is 15.3. The predicted molar refractivity (Wildman–Crippen MR) is 60.4 cm³/mol. The molecule has 0 unspecified atom stereocenters. The number of hydrogen-bond acceptors (Lipinski definition) is 2. The molecule has 4 nitrogen and oxygen atoms in total. The number of nitrogens with zero attached hydrogens (tertiary/aromatic N) is 2. The Hall–Kier alpha value is -1.06. The van der Waals surface area contributed by atoms with Gasteiger partial charge in [0.1, 0.15) is 0 Å². The van der Waals surface area contributed by atoms with Gasteiger partial charge in [0.2, 0.25) is 5.96 Å². The predicted octanol–water partition coefficient (Wildman–Crippen LogP) is 0.394. The molecule has 84 valence electrons. The molecule has 16 heavy (non-hydrogen) atoms. The Morgan fingerprint density at radius 1 is 0.938 bits per heavy atom. The van der Waals surface area contributed by atoms with Crippen LogP contribution in [-0.2, 0) is 0 Å². The van der Waals surface area contributed by atoms with Crippen molar-refractivity contribution in [3.05, 3.63) is 0 Å². The molecule has 5 saturated carbocycles. The first-order valence-corrected chi connectivity index (χ1v) is 6.43. The van der Waals surface area contributed by atoms with Crippen LogP contribution in [0, 0.1) is 47.3 Å². The molecule has 0 radical (unpaired) electrons. The van der Waals surface area contributed by atoms with E-state index in [1.807, 2.05) is 0 Å². The van der Waals surface area contributed by atoms with Gasteiger partial charge in [-0.1, -0.05) is 0 Å². The van der Waals surface area contributed by atoms with Gasteiger partial charge in [-0.2, -0.15) is 5.10 Å². The van der Waals surface area contributed by atoms with Crippen molar-refractivity contribution in [1.82, 2.24) is 0 Å². The van der Waals surface area contributed by atoms with Gasteiger partial charge in [-0.3, -0.25) is 0 Å². The minimum absolute atomic E-state index is 0.103. The second kappa shape index (κ2) is 2.15. The lowest BCUT2D eigenvalue weighted by molar-refractivity contribution is 0.0503. The lowest BCUT2D eigenvalue weighted by atomic mass is 9.59. The van der Waals surface area contributed by atoms with E-state index in [1.54, 1.807) is 0 Å². The minimum atomic E-state index is 0.103. The maximum Gasteiger partial charge on any atom is 0.211 e. The molecule has 5 rings (SSSR count). The lowest BCUT2D eigenvalue weighted by Crippen LogP contribution is -2.44. The second-order valence-corrected chi connectivity index (χ2v) is 6.38. The van der Waals surface area contributed by atoms with E-state index in [-0.39, 0.29) is 5.96 Å². The van der Waals surface area contributed by atoms with E-state index < -0.39 is 0 Å². The van der Waals surface area contributed by atoms with Gasteiger partial charge in [0.15, 0.2) is 0 Å². The molecule has 4 heteroatoms. The fourth-order valence-electron chi connectivity index (χ4n) is 6.38. The number of hydrogen-bond donors (Lipinski definition) is 2. The molecule has 0 amide bonds. The summed E-state index contributed by atoms with van der Waals surface area (Å²) in [7, 11) is 0. The van der Waals surface area contributed by atoms with E-state index >= 15 is 0 Å². The van der Waals surface area contributed by atoms with Gasteiger partial charge in [0.05, 0.1) is 0 Å². The Kier molecular flexibility index (Phi) is 1.09. The first-order chi connectivity index (χ1) is 7.77. The fourth-order valence-corrected chi connectivity index (χ4v) is 6.38. The van der Waals surface area contributed by atoms with Gasteiger partial charge < -0.3 is 11.5 Å². The minimum Gasteiger partial charge on any atom is -0.369 e. The first-order valence-electron chi connectivity index (χ1n) is 6.43. The highest BCUT2D eigenvalue weighted by molar-refractivity contribution is 5.96. The third-order valence-electron chi connectivity index (χ3n) is 6.33. The van der Waals surface area contributed by atoms with E-state index in [0.717, 1.165) is 47.3 Å². The summed E-state index contributed by atoms with van der Waals surface area (Å²) in [4.78, 5) is 0. The van der Waals surface area contributed by atoms with Crippen molar-refractivity contribution < 1.29 is 0 Å². The molecule has 8 atom stereocenters. The van der Waals surface area contributed by atoms with Gasteiger partial charge in [-0.15, -0.1) is 5.10 Å². The van der Waals surface area contributed by atoms with Crippen molar-refractivity contribution in [1.29, 1.82) is 0 Å². The first kappa shape index (κ1) is 8.09. The van der Waals surface area contributed by atoms with Crippen molar-refractivity contribution in [3.8, 4) is 0 Å². The SMILES string of the molecule is NC(N)=N/N=C1\[C@H]2[C@@H]3C[C@H]4[C@H]1[C@@H]1[C@H]2C[C@H]3[C@H]41. The zero-order valence-corrected chi connectivity index (χ0v) is 9.08. The van der Waals surface area contributed by atoms with Crippen LogP contribution in [0.15, 0.2) is 10.2 Å². The van der Waals surface area contributed by atoms with E-state index in [9.17, 15) is 0 Å². The largest absolute Gasteiger partial charge is 0.369 e. The monoisotopic (exact) mass is 216 g/mol. The quantitative estimate of drug-likeness (QED) is 0.378. The zero-order valence-electron chi connectivity index (χ0n) is 9.08. The van der Waals surface area contributed by atoms with Crippen LogP contribution >= 0.6 is 0 Å². The second-order valence-electron chi connectivity index (χ2n) is 6.38. The van der Waals surface area contributed by atoms with Crippen LogP contribution in [-0.4, -0.2) is 11.7 Å². The van der Waals surface area contributed by atoms with Crippen LogP contribution < -0.4 is 11.5 Å². The van der Waals surface area contributed by atoms with Crippen molar-refractivity contribution in [2.75, 3.05) is 0 Å². The summed E-state index contributed by atoms with van der Waals surface area (Å²) >= 11 is 0. The molecule has 5 aliphatic carbocycles. The van der Waals surface area contributed by atoms with Gasteiger partial charge in [0.25, 0.3) is 0 Å². The maximum atomic E-state index is 5.38. The maximum absolute atomic E-state index is 5.38. The van der Waals surface area contributed by atoms with Crippen molar-refractivity contribution in [3.63, 3.8) is 0 Å². The normalized spacial score (nSPS) is 64.4. The van der Waals surface area contributed by atoms with Crippen LogP contribution in [0.2, 0.25) is 0 Å². The molecular formula is C12H16N4. The summed E-state index contributed by atoms with van der Waals surface area (Å²) in [6.07, 6.45) is 2.97. The average molecular weight is 216 g/mol. The molecule has 2 bridgehead atoms. The topological polar surface area (TPSA) is 76.8 Å². The van der Waals surface area contributed by atoms with Crippen LogP contribution in [0.4, 0.5) is 0 Å². The summed E-state index contributed by atoms with van der Waals surface area (Å²) in [6, 6.07) is 0. The number of fused-ring (bicyclic) bond motifs is 2. The van der Waals surface area contributed by atoms with Crippen molar-refractivity contribution in [2.24, 2.45) is 69.0 Å². The van der Waals surface area contributed by atoms with Crippen LogP contribution in [0.3, 0.4) is 0 Å². The summed E-state index contributed by atoms with van der Waals surface area (Å²) in [5, 5.41) is 8.31. The van der Waals surface area contributed by atoms with Gasteiger partial charge in [-0.25, -0.2) is 0 Å². The Morgan fingerprint density at radius 2 is 1.69 bits per heavy atom. The smallest absolute Gasteiger partial charge is 0.211 e. The lowest BCUT2D eigenvalue weighted by Gasteiger charge is -2.44. The average Bonchev–Trinajstić information content (AvgIpc) is 2.72. The fraction of sp³-hybridized carbons (Fsp3) is 0.833. The third-order valence-corrected chi connectivity index (χ3v) is 6.33. The van der Waals surface area contributed by atoms with Gasteiger partial charge in [-0.05, 0) is 48.3 Å². The zero-order chi connectivity index (χ0) is 10.6. The van der Waals surface area contributed by atoms with Crippen molar-refractivity contribution >= 4 is 11.7 Å². The molecule has 5 fully saturated rings. The molecule has 5 aliphatic rings. The van der Waals surface area contributed by atoms with Crippen LogP contribution in [0.5, 0.6) is 0 Å². The number of guanidine groups is 1. The molecule has 0 spiro atoms. The Balaban J connectivity index is 1.65. The van der Waals surface area contributed by atoms with E-state index in [4.69, 9.17) is 11.5 Å². The number of nitrogens with two attached hydrogens (primary N) is 2. The van der Waals surface area contributed by atoms with E-state index in [0.29, 0.717) is 0 Å². The van der Waals surface area contributed by atoms with E-state index in [1.165, 1.54) is 18.6 Å².